The van der Waals surface area contributed by atoms with Crippen LogP contribution in [-0.2, 0) is 4.79 Å². The van der Waals surface area contributed by atoms with Crippen molar-refractivity contribution in [2.24, 2.45) is 0 Å². The zero-order chi connectivity index (χ0) is 15.1. The van der Waals surface area contributed by atoms with Crippen molar-refractivity contribution < 1.29 is 9.90 Å². The molecule has 21 heavy (non-hydrogen) atoms. The molecule has 116 valence electrons. The maximum Gasteiger partial charge on any atom is 0.238 e. The second-order valence-electron chi connectivity index (χ2n) is 5.90. The van der Waals surface area contributed by atoms with Crippen LogP contribution in [0.4, 0.5) is 5.69 Å². The predicted molar refractivity (Wildman–Crippen MR) is 85.3 cm³/mol. The number of nitrogens with zero attached hydrogens (tertiary/aromatic N) is 1. The molecule has 4 nitrogen and oxygen atoms in total. The van der Waals surface area contributed by atoms with Gasteiger partial charge in [0.05, 0.1) is 13.2 Å². The third-order valence-electron chi connectivity index (χ3n) is 4.16. The normalized spacial score (nSPS) is 16.1. The number of aryl methyl sites for hydroxylation is 1. The van der Waals surface area contributed by atoms with Gasteiger partial charge in [-0.3, -0.25) is 9.69 Å². The number of amides is 1. The van der Waals surface area contributed by atoms with Gasteiger partial charge in [0.15, 0.2) is 0 Å². The van der Waals surface area contributed by atoms with Crippen molar-refractivity contribution in [2.75, 3.05) is 25.0 Å². The fourth-order valence-electron chi connectivity index (χ4n) is 2.99. The average molecular weight is 290 g/mol. The van der Waals surface area contributed by atoms with Crippen LogP contribution in [0.25, 0.3) is 0 Å². The molecule has 0 aromatic heterocycles. The minimum atomic E-state index is -0.00197. The van der Waals surface area contributed by atoms with Crippen LogP contribution >= 0.6 is 0 Å². The lowest BCUT2D eigenvalue weighted by Gasteiger charge is -2.33. The highest BCUT2D eigenvalue weighted by molar-refractivity contribution is 5.92. The molecule has 1 amide bonds. The Morgan fingerprint density at radius 2 is 1.90 bits per heavy atom. The molecule has 2 N–H and O–H groups in total. The molecule has 0 unspecified atom stereocenters. The largest absolute Gasteiger partial charge is 0.395 e. The fourth-order valence-corrected chi connectivity index (χ4v) is 2.99. The van der Waals surface area contributed by atoms with Crippen molar-refractivity contribution in [3.63, 3.8) is 0 Å². The molecule has 2 rings (SSSR count). The molecule has 1 aromatic carbocycles. The first-order chi connectivity index (χ1) is 10.2. The van der Waals surface area contributed by atoms with Gasteiger partial charge >= 0.3 is 0 Å². The van der Waals surface area contributed by atoms with E-state index in [0.29, 0.717) is 19.1 Å². The van der Waals surface area contributed by atoms with Crippen molar-refractivity contribution in [3.05, 3.63) is 29.8 Å². The van der Waals surface area contributed by atoms with E-state index >= 15 is 0 Å². The molecule has 0 aliphatic heterocycles. The van der Waals surface area contributed by atoms with E-state index < -0.39 is 0 Å². The van der Waals surface area contributed by atoms with Crippen LogP contribution < -0.4 is 5.32 Å². The van der Waals surface area contributed by atoms with Gasteiger partial charge in [0.2, 0.25) is 5.91 Å². The summed E-state index contributed by atoms with van der Waals surface area (Å²) in [5, 5.41) is 12.2. The Balaban J connectivity index is 1.89. The van der Waals surface area contributed by atoms with Crippen LogP contribution in [0.15, 0.2) is 24.3 Å². The van der Waals surface area contributed by atoms with Gasteiger partial charge in [-0.05, 0) is 31.9 Å². The van der Waals surface area contributed by atoms with Crippen molar-refractivity contribution >= 4 is 11.6 Å². The Morgan fingerprint density at radius 1 is 1.24 bits per heavy atom. The molecule has 0 radical (unpaired) electrons. The lowest BCUT2D eigenvalue weighted by Crippen LogP contribution is -2.43. The molecular weight excluding hydrogens is 264 g/mol. The molecule has 1 fully saturated rings. The smallest absolute Gasteiger partial charge is 0.238 e. The van der Waals surface area contributed by atoms with Crippen molar-refractivity contribution in [1.82, 2.24) is 4.90 Å². The Morgan fingerprint density at radius 3 is 2.52 bits per heavy atom. The summed E-state index contributed by atoms with van der Waals surface area (Å²) in [5.41, 5.74) is 2.01. The number of anilines is 1. The topological polar surface area (TPSA) is 52.6 Å². The zero-order valence-electron chi connectivity index (χ0n) is 12.8. The van der Waals surface area contributed by atoms with Crippen LogP contribution in [0.2, 0.25) is 0 Å². The molecule has 0 heterocycles. The molecule has 0 saturated heterocycles. The van der Waals surface area contributed by atoms with Gasteiger partial charge in [-0.1, -0.05) is 37.0 Å². The number of aliphatic hydroxyl groups excluding tert-OH is 1. The maximum absolute atomic E-state index is 12.2. The van der Waals surface area contributed by atoms with E-state index in [4.69, 9.17) is 0 Å². The Hall–Kier alpha value is -1.39. The lowest BCUT2D eigenvalue weighted by molar-refractivity contribution is -0.118. The number of aliphatic hydroxyl groups is 1. The minimum Gasteiger partial charge on any atom is -0.395 e. The highest BCUT2D eigenvalue weighted by Gasteiger charge is 2.22. The lowest BCUT2D eigenvalue weighted by atomic mass is 9.94. The van der Waals surface area contributed by atoms with Gasteiger partial charge in [-0.15, -0.1) is 0 Å². The highest BCUT2D eigenvalue weighted by Crippen LogP contribution is 2.22. The van der Waals surface area contributed by atoms with Crippen LogP contribution in [0.5, 0.6) is 0 Å². The van der Waals surface area contributed by atoms with E-state index in [0.717, 1.165) is 18.5 Å². The van der Waals surface area contributed by atoms with Gasteiger partial charge in [-0.25, -0.2) is 0 Å². The highest BCUT2D eigenvalue weighted by atomic mass is 16.3. The summed E-state index contributed by atoms with van der Waals surface area (Å²) in [6, 6.07) is 8.26. The fraction of sp³-hybridized carbons (Fsp3) is 0.588. The van der Waals surface area contributed by atoms with Gasteiger partial charge in [0.25, 0.3) is 0 Å². The summed E-state index contributed by atoms with van der Waals surface area (Å²) in [6.07, 6.45) is 6.02. The molecule has 1 aliphatic rings. The Labute approximate surface area is 127 Å². The summed E-state index contributed by atoms with van der Waals surface area (Å²) in [7, 11) is 0. The summed E-state index contributed by atoms with van der Waals surface area (Å²) >= 11 is 0. The molecular formula is C17H26N2O2. The maximum atomic E-state index is 12.2. The number of hydrogen-bond donors (Lipinski definition) is 2. The van der Waals surface area contributed by atoms with Crippen LogP contribution in [0.1, 0.15) is 37.7 Å². The first-order valence-electron chi connectivity index (χ1n) is 7.90. The van der Waals surface area contributed by atoms with Crippen molar-refractivity contribution in [1.29, 1.82) is 0 Å². The molecule has 1 aliphatic carbocycles. The van der Waals surface area contributed by atoms with Crippen LogP contribution in [0, 0.1) is 6.92 Å². The molecule has 0 atom stereocenters. The third-order valence-corrected chi connectivity index (χ3v) is 4.16. The third kappa shape index (κ3) is 5.14. The van der Waals surface area contributed by atoms with Crippen molar-refractivity contribution in [3.8, 4) is 0 Å². The summed E-state index contributed by atoms with van der Waals surface area (Å²) in [6.45, 7) is 3.07. The number of rotatable bonds is 6. The van der Waals surface area contributed by atoms with Crippen LogP contribution in [0.3, 0.4) is 0 Å². The second kappa shape index (κ2) is 8.15. The quantitative estimate of drug-likeness (QED) is 0.846. The van der Waals surface area contributed by atoms with Gasteiger partial charge < -0.3 is 10.4 Å². The molecule has 1 saturated carbocycles. The molecule has 0 spiro atoms. The molecule has 0 bridgehead atoms. The number of benzene rings is 1. The van der Waals surface area contributed by atoms with Gasteiger partial charge in [0, 0.05) is 18.3 Å². The first kappa shape index (κ1) is 16.0. The number of hydrogen-bond acceptors (Lipinski definition) is 3. The van der Waals surface area contributed by atoms with E-state index in [2.05, 4.69) is 10.2 Å². The summed E-state index contributed by atoms with van der Waals surface area (Å²) < 4.78 is 0. The predicted octanol–water partition coefficient (Wildman–Crippen LogP) is 2.56. The summed E-state index contributed by atoms with van der Waals surface area (Å²) in [4.78, 5) is 14.3. The average Bonchev–Trinajstić information content (AvgIpc) is 2.50. The number of nitrogens with one attached hydrogen (secondary N) is 1. The van der Waals surface area contributed by atoms with E-state index in [-0.39, 0.29) is 12.5 Å². The minimum absolute atomic E-state index is 0.00197. The SMILES string of the molecule is Cc1ccc(NC(=O)CN(CCO)C2CCCCC2)cc1. The molecule has 1 aromatic rings. The number of carbonyl (C=O) groups is 1. The van der Waals surface area contributed by atoms with E-state index in [1.165, 1.54) is 24.8 Å². The van der Waals surface area contributed by atoms with Crippen molar-refractivity contribution in [2.45, 2.75) is 45.1 Å². The standard InChI is InChI=1S/C17H26N2O2/c1-14-7-9-15(10-8-14)18-17(21)13-19(11-12-20)16-5-3-2-4-6-16/h7-10,16,20H,2-6,11-13H2,1H3,(H,18,21). The molecule has 4 heteroatoms. The van der Waals surface area contributed by atoms with Gasteiger partial charge in [0.1, 0.15) is 0 Å². The van der Waals surface area contributed by atoms with E-state index in [1.54, 1.807) is 0 Å². The second-order valence-corrected chi connectivity index (χ2v) is 5.90. The Bertz CT molecular complexity index is 439. The summed E-state index contributed by atoms with van der Waals surface area (Å²) in [5.74, 6) is -0.00197. The Kier molecular flexibility index (Phi) is 6.21. The van der Waals surface area contributed by atoms with Gasteiger partial charge in [-0.2, -0.15) is 0 Å². The van der Waals surface area contributed by atoms with E-state index in [1.807, 2.05) is 31.2 Å². The first-order valence-corrected chi connectivity index (χ1v) is 7.90. The zero-order valence-corrected chi connectivity index (χ0v) is 12.8. The monoisotopic (exact) mass is 290 g/mol. The number of carbonyl (C=O) groups excluding carboxylic acids is 1. The van der Waals surface area contributed by atoms with Crippen LogP contribution in [-0.4, -0.2) is 41.7 Å². The van der Waals surface area contributed by atoms with E-state index in [9.17, 15) is 9.90 Å².